The van der Waals surface area contributed by atoms with Crippen LogP contribution >= 0.6 is 24.0 Å². The molecule has 0 radical (unpaired) electrons. The van der Waals surface area contributed by atoms with Crippen molar-refractivity contribution in [2.45, 2.75) is 39.2 Å². The van der Waals surface area contributed by atoms with E-state index in [-0.39, 0.29) is 36.4 Å². The Hall–Kier alpha value is -0.790. The van der Waals surface area contributed by atoms with E-state index in [0.717, 1.165) is 31.8 Å². The number of carbonyl (C=O) groups is 1. The van der Waals surface area contributed by atoms with Gasteiger partial charge in [0.15, 0.2) is 5.96 Å². The van der Waals surface area contributed by atoms with Gasteiger partial charge in [-0.3, -0.25) is 4.79 Å². The SMILES string of the molecule is CCCNC(=O)CN=C(NCC)NC1CC=CC1.I. The lowest BCUT2D eigenvalue weighted by molar-refractivity contribution is -0.119. The Balaban J connectivity index is 0.00000324. The van der Waals surface area contributed by atoms with Gasteiger partial charge in [0.05, 0.1) is 0 Å². The lowest BCUT2D eigenvalue weighted by Crippen LogP contribution is -2.43. The summed E-state index contributed by atoms with van der Waals surface area (Å²) in [7, 11) is 0. The Morgan fingerprint density at radius 2 is 1.95 bits per heavy atom. The molecule has 3 N–H and O–H groups in total. The second-order valence-electron chi connectivity index (χ2n) is 4.33. The van der Waals surface area contributed by atoms with Crippen LogP contribution in [0.4, 0.5) is 0 Å². The Labute approximate surface area is 132 Å². The van der Waals surface area contributed by atoms with Crippen LogP contribution < -0.4 is 16.0 Å². The van der Waals surface area contributed by atoms with Crippen LogP contribution in [0, 0.1) is 0 Å². The Morgan fingerprint density at radius 3 is 2.53 bits per heavy atom. The van der Waals surface area contributed by atoms with Crippen molar-refractivity contribution in [3.05, 3.63) is 12.2 Å². The number of rotatable bonds is 6. The van der Waals surface area contributed by atoms with Crippen molar-refractivity contribution >= 4 is 35.8 Å². The van der Waals surface area contributed by atoms with Crippen molar-refractivity contribution < 1.29 is 4.79 Å². The molecule has 0 bridgehead atoms. The van der Waals surface area contributed by atoms with Gasteiger partial charge in [-0.25, -0.2) is 4.99 Å². The summed E-state index contributed by atoms with van der Waals surface area (Å²) in [5.41, 5.74) is 0. The van der Waals surface area contributed by atoms with Crippen LogP contribution in [-0.4, -0.2) is 37.5 Å². The number of guanidine groups is 1. The Kier molecular flexibility index (Phi) is 10.6. The van der Waals surface area contributed by atoms with Crippen molar-refractivity contribution in [2.75, 3.05) is 19.6 Å². The van der Waals surface area contributed by atoms with Crippen LogP contribution in [0.5, 0.6) is 0 Å². The lowest BCUT2D eigenvalue weighted by Gasteiger charge is -2.16. The monoisotopic (exact) mass is 380 g/mol. The van der Waals surface area contributed by atoms with Gasteiger partial charge in [-0.15, -0.1) is 24.0 Å². The van der Waals surface area contributed by atoms with Crippen LogP contribution in [-0.2, 0) is 4.79 Å². The van der Waals surface area contributed by atoms with Crippen molar-refractivity contribution in [3.8, 4) is 0 Å². The molecule has 0 heterocycles. The number of halogens is 1. The van der Waals surface area contributed by atoms with Gasteiger partial charge in [-0.05, 0) is 26.2 Å². The molecule has 0 aliphatic heterocycles. The van der Waals surface area contributed by atoms with Crippen molar-refractivity contribution in [1.82, 2.24) is 16.0 Å². The zero-order valence-corrected chi connectivity index (χ0v) is 14.1. The van der Waals surface area contributed by atoms with Gasteiger partial charge >= 0.3 is 0 Å². The number of hydrogen-bond donors (Lipinski definition) is 3. The normalized spacial score (nSPS) is 14.9. The van der Waals surface area contributed by atoms with Gasteiger partial charge < -0.3 is 16.0 Å². The summed E-state index contributed by atoms with van der Waals surface area (Å²) in [5.74, 6) is 0.691. The van der Waals surface area contributed by atoms with Crippen LogP contribution in [0.3, 0.4) is 0 Å². The summed E-state index contributed by atoms with van der Waals surface area (Å²) in [6.07, 6.45) is 7.31. The highest BCUT2D eigenvalue weighted by atomic mass is 127. The van der Waals surface area contributed by atoms with E-state index in [0.29, 0.717) is 12.6 Å². The van der Waals surface area contributed by atoms with Crippen molar-refractivity contribution in [3.63, 3.8) is 0 Å². The highest BCUT2D eigenvalue weighted by Gasteiger charge is 2.11. The number of nitrogens with zero attached hydrogens (tertiary/aromatic N) is 1. The number of nitrogens with one attached hydrogen (secondary N) is 3. The molecular formula is C13H25IN4O. The Morgan fingerprint density at radius 1 is 1.26 bits per heavy atom. The first kappa shape index (κ1) is 18.2. The molecule has 1 aliphatic rings. The average Bonchev–Trinajstić information content (AvgIpc) is 2.86. The first-order chi connectivity index (χ1) is 8.76. The van der Waals surface area contributed by atoms with Crippen LogP contribution in [0.25, 0.3) is 0 Å². The molecule has 19 heavy (non-hydrogen) atoms. The fourth-order valence-electron chi connectivity index (χ4n) is 1.72. The molecule has 0 saturated carbocycles. The smallest absolute Gasteiger partial charge is 0.241 e. The van der Waals surface area contributed by atoms with Gasteiger partial charge in [-0.1, -0.05) is 19.1 Å². The molecule has 0 aromatic heterocycles. The summed E-state index contributed by atoms with van der Waals surface area (Å²) in [5, 5.41) is 9.29. The first-order valence-corrected chi connectivity index (χ1v) is 6.72. The molecule has 6 heteroatoms. The highest BCUT2D eigenvalue weighted by Crippen LogP contribution is 2.08. The molecule has 0 spiro atoms. The van der Waals surface area contributed by atoms with Crippen molar-refractivity contribution in [1.29, 1.82) is 0 Å². The summed E-state index contributed by atoms with van der Waals surface area (Å²) < 4.78 is 0. The number of aliphatic imine (C=N–C) groups is 1. The predicted octanol–water partition coefficient (Wildman–Crippen LogP) is 1.40. The minimum Gasteiger partial charge on any atom is -0.357 e. The molecule has 1 amide bonds. The van der Waals surface area contributed by atoms with Gasteiger partial charge in [0.1, 0.15) is 6.54 Å². The largest absolute Gasteiger partial charge is 0.357 e. The minimum atomic E-state index is -0.0291. The van der Waals surface area contributed by atoms with E-state index in [1.807, 2.05) is 13.8 Å². The topological polar surface area (TPSA) is 65.5 Å². The van der Waals surface area contributed by atoms with E-state index >= 15 is 0 Å². The van der Waals surface area contributed by atoms with E-state index in [1.165, 1.54) is 0 Å². The molecule has 110 valence electrons. The molecule has 0 atom stereocenters. The lowest BCUT2D eigenvalue weighted by atomic mass is 10.2. The van der Waals surface area contributed by atoms with Gasteiger partial charge in [-0.2, -0.15) is 0 Å². The fraction of sp³-hybridized carbons (Fsp3) is 0.692. The second-order valence-corrected chi connectivity index (χ2v) is 4.33. The quantitative estimate of drug-likeness (QED) is 0.283. The molecule has 5 nitrogen and oxygen atoms in total. The standard InChI is InChI=1S/C13H24N4O.HI/c1-3-9-15-12(18)10-16-13(14-4-2)17-11-7-5-6-8-11;/h5-6,11H,3-4,7-10H2,1-2H3,(H,15,18)(H2,14,16,17);1H. The summed E-state index contributed by atoms with van der Waals surface area (Å²) in [6, 6.07) is 0.404. The maximum atomic E-state index is 11.5. The summed E-state index contributed by atoms with van der Waals surface area (Å²) in [4.78, 5) is 15.7. The molecule has 0 aromatic carbocycles. The van der Waals surface area contributed by atoms with E-state index < -0.39 is 0 Å². The molecule has 1 aliphatic carbocycles. The van der Waals surface area contributed by atoms with E-state index in [2.05, 4.69) is 33.1 Å². The van der Waals surface area contributed by atoms with Gasteiger partial charge in [0.2, 0.25) is 5.91 Å². The van der Waals surface area contributed by atoms with E-state index in [4.69, 9.17) is 0 Å². The first-order valence-electron chi connectivity index (χ1n) is 6.72. The fourth-order valence-corrected chi connectivity index (χ4v) is 1.72. The zero-order valence-electron chi connectivity index (χ0n) is 11.7. The maximum absolute atomic E-state index is 11.5. The third kappa shape index (κ3) is 8.07. The Bertz CT molecular complexity index is 310. The molecular weight excluding hydrogens is 355 g/mol. The number of carbonyl (C=O) groups excluding carboxylic acids is 1. The van der Waals surface area contributed by atoms with Crippen LogP contribution in [0.1, 0.15) is 33.1 Å². The minimum absolute atomic E-state index is 0. The third-order valence-corrected chi connectivity index (χ3v) is 2.65. The average molecular weight is 380 g/mol. The van der Waals surface area contributed by atoms with E-state index in [9.17, 15) is 4.79 Å². The molecule has 0 fully saturated rings. The number of amides is 1. The molecule has 0 saturated heterocycles. The van der Waals surface area contributed by atoms with Crippen LogP contribution in [0.2, 0.25) is 0 Å². The second kappa shape index (κ2) is 11.1. The van der Waals surface area contributed by atoms with E-state index in [1.54, 1.807) is 0 Å². The summed E-state index contributed by atoms with van der Waals surface area (Å²) in [6.45, 7) is 5.73. The third-order valence-electron chi connectivity index (χ3n) is 2.65. The maximum Gasteiger partial charge on any atom is 0.241 e. The van der Waals surface area contributed by atoms with Gasteiger partial charge in [0, 0.05) is 19.1 Å². The van der Waals surface area contributed by atoms with Crippen molar-refractivity contribution in [2.24, 2.45) is 4.99 Å². The van der Waals surface area contributed by atoms with Gasteiger partial charge in [0.25, 0.3) is 0 Å². The predicted molar refractivity (Wildman–Crippen MR) is 90.0 cm³/mol. The zero-order chi connectivity index (χ0) is 13.2. The molecule has 1 rings (SSSR count). The molecule has 0 aromatic rings. The molecule has 0 unspecified atom stereocenters. The number of hydrogen-bond acceptors (Lipinski definition) is 2. The summed E-state index contributed by atoms with van der Waals surface area (Å²) >= 11 is 0. The highest BCUT2D eigenvalue weighted by molar-refractivity contribution is 14.0. The van der Waals surface area contributed by atoms with Crippen LogP contribution in [0.15, 0.2) is 17.1 Å².